The number of fused-ring (bicyclic) bond motifs is 3. The van der Waals surface area contributed by atoms with E-state index in [0.717, 1.165) is 29.9 Å². The van der Waals surface area contributed by atoms with E-state index in [4.69, 9.17) is 4.74 Å². The Kier molecular flexibility index (Phi) is 5.75. The Labute approximate surface area is 205 Å². The molecule has 2 aromatic carbocycles. The summed E-state index contributed by atoms with van der Waals surface area (Å²) < 4.78 is 44.5. The van der Waals surface area contributed by atoms with Gasteiger partial charge in [0.25, 0.3) is 5.91 Å². The van der Waals surface area contributed by atoms with Crippen LogP contribution in [0.3, 0.4) is 0 Å². The van der Waals surface area contributed by atoms with E-state index in [2.05, 4.69) is 27.4 Å². The van der Waals surface area contributed by atoms with E-state index in [-0.39, 0.29) is 12.1 Å². The SMILES string of the molecule is CC1C(=O)NN(OC(=O)C(F)(F)F)C2COc3cc(-c4ccccc4)c(NC4(C)CN(C)C4)cc3N12. The van der Waals surface area contributed by atoms with Crippen molar-refractivity contribution in [2.75, 3.05) is 37.0 Å². The van der Waals surface area contributed by atoms with E-state index < -0.39 is 30.3 Å². The molecule has 0 spiro atoms. The number of amides is 1. The molecular weight excluding hydrogens is 479 g/mol. The van der Waals surface area contributed by atoms with Crippen LogP contribution in [0.1, 0.15) is 13.8 Å². The molecule has 0 saturated carbocycles. The number of benzene rings is 2. The lowest BCUT2D eigenvalue weighted by Crippen LogP contribution is -2.70. The quantitative estimate of drug-likeness (QED) is 0.656. The summed E-state index contributed by atoms with van der Waals surface area (Å²) in [5.41, 5.74) is 5.16. The summed E-state index contributed by atoms with van der Waals surface area (Å²) >= 11 is 0. The van der Waals surface area contributed by atoms with Gasteiger partial charge >= 0.3 is 12.1 Å². The maximum Gasteiger partial charge on any atom is 0.492 e. The van der Waals surface area contributed by atoms with Crippen LogP contribution in [0, 0.1) is 0 Å². The van der Waals surface area contributed by atoms with Gasteiger partial charge in [-0.1, -0.05) is 30.3 Å². The number of nitrogens with one attached hydrogen (secondary N) is 2. The summed E-state index contributed by atoms with van der Waals surface area (Å²) in [7, 11) is 2.03. The molecule has 1 amide bonds. The number of carbonyl (C=O) groups excluding carboxylic acids is 2. The van der Waals surface area contributed by atoms with Gasteiger partial charge in [-0.2, -0.15) is 13.2 Å². The predicted octanol–water partition coefficient (Wildman–Crippen LogP) is 2.75. The molecule has 2 N–H and O–H groups in total. The van der Waals surface area contributed by atoms with Crippen molar-refractivity contribution in [2.45, 2.75) is 37.8 Å². The van der Waals surface area contributed by atoms with Gasteiger partial charge in [-0.05, 0) is 43.8 Å². The number of likely N-dealkylation sites (tertiary alicyclic amines) is 1. The predicted molar refractivity (Wildman–Crippen MR) is 125 cm³/mol. The number of hydrogen-bond donors (Lipinski definition) is 2. The number of hydrazine groups is 1. The smallest absolute Gasteiger partial charge is 0.488 e. The van der Waals surface area contributed by atoms with E-state index in [0.29, 0.717) is 16.6 Å². The van der Waals surface area contributed by atoms with Gasteiger partial charge in [0.2, 0.25) is 0 Å². The Balaban J connectivity index is 1.55. The highest BCUT2D eigenvalue weighted by atomic mass is 19.4. The molecule has 3 heterocycles. The Morgan fingerprint density at radius 1 is 1.22 bits per heavy atom. The zero-order valence-electron chi connectivity index (χ0n) is 19.9. The van der Waals surface area contributed by atoms with Crippen molar-refractivity contribution in [1.82, 2.24) is 15.5 Å². The molecule has 12 heteroatoms. The standard InChI is InChI=1S/C24H26F3N5O4/c1-14-21(33)29-32(36-22(34)24(25,26)27)20-11-35-19-9-16(15-7-5-4-6-8-15)17(10-18(19)31(14)20)28-23(2)12-30(3)13-23/h4-10,14,20,28H,11-13H2,1-3H3,(H,29,33). The molecule has 192 valence electrons. The van der Waals surface area contributed by atoms with Crippen molar-refractivity contribution in [3.8, 4) is 16.9 Å². The maximum atomic E-state index is 12.9. The first-order valence-electron chi connectivity index (χ1n) is 11.5. The summed E-state index contributed by atoms with van der Waals surface area (Å²) in [5.74, 6) is -2.59. The number of anilines is 2. The third kappa shape index (κ3) is 4.30. The second-order valence-corrected chi connectivity index (χ2v) is 9.64. The average Bonchev–Trinajstić information content (AvgIpc) is 2.80. The van der Waals surface area contributed by atoms with Crippen LogP contribution in [-0.2, 0) is 14.4 Å². The van der Waals surface area contributed by atoms with Gasteiger partial charge in [0.15, 0.2) is 6.17 Å². The Bertz CT molecular complexity index is 1190. The first kappa shape index (κ1) is 24.2. The third-order valence-corrected chi connectivity index (χ3v) is 6.55. The second kappa shape index (κ2) is 8.56. The zero-order valence-corrected chi connectivity index (χ0v) is 19.9. The number of nitrogens with zero attached hydrogens (tertiary/aromatic N) is 3. The van der Waals surface area contributed by atoms with E-state index in [1.807, 2.05) is 49.5 Å². The number of rotatable bonds is 4. The molecule has 2 fully saturated rings. The van der Waals surface area contributed by atoms with Crippen LogP contribution in [0.25, 0.3) is 11.1 Å². The highest BCUT2D eigenvalue weighted by Crippen LogP contribution is 2.45. The molecule has 36 heavy (non-hydrogen) atoms. The summed E-state index contributed by atoms with van der Waals surface area (Å²) in [6.45, 7) is 5.23. The Hall–Kier alpha value is -3.51. The number of alkyl halides is 3. The lowest BCUT2D eigenvalue weighted by Gasteiger charge is -2.49. The van der Waals surface area contributed by atoms with Crippen molar-refractivity contribution in [3.63, 3.8) is 0 Å². The van der Waals surface area contributed by atoms with Crippen LogP contribution in [-0.4, -0.2) is 72.6 Å². The minimum Gasteiger partial charge on any atom is -0.488 e. The highest BCUT2D eigenvalue weighted by molar-refractivity contribution is 5.90. The molecular formula is C24H26F3N5O4. The van der Waals surface area contributed by atoms with Gasteiger partial charge in [-0.25, -0.2) is 4.79 Å². The molecule has 0 aromatic heterocycles. The molecule has 2 unspecified atom stereocenters. The normalized spacial score (nSPS) is 23.5. The van der Waals surface area contributed by atoms with Gasteiger partial charge in [0.05, 0.1) is 11.2 Å². The lowest BCUT2D eigenvalue weighted by atomic mass is 9.91. The number of hydroxylamine groups is 1. The van der Waals surface area contributed by atoms with E-state index in [9.17, 15) is 22.8 Å². The number of halogens is 3. The molecule has 2 saturated heterocycles. The Morgan fingerprint density at radius 2 is 1.92 bits per heavy atom. The molecule has 0 bridgehead atoms. The highest BCUT2D eigenvalue weighted by Gasteiger charge is 2.49. The van der Waals surface area contributed by atoms with Crippen LogP contribution in [0.4, 0.5) is 24.5 Å². The molecule has 2 atom stereocenters. The monoisotopic (exact) mass is 505 g/mol. The first-order chi connectivity index (χ1) is 16.9. The summed E-state index contributed by atoms with van der Waals surface area (Å²) in [5, 5.41) is 4.13. The van der Waals surface area contributed by atoms with Crippen LogP contribution in [0.2, 0.25) is 0 Å². The van der Waals surface area contributed by atoms with Gasteiger partial charge < -0.3 is 24.7 Å². The molecule has 9 nitrogen and oxygen atoms in total. The van der Waals surface area contributed by atoms with E-state index in [1.165, 1.54) is 0 Å². The van der Waals surface area contributed by atoms with E-state index >= 15 is 0 Å². The summed E-state index contributed by atoms with van der Waals surface area (Å²) in [6.07, 6.45) is -6.23. The minimum atomic E-state index is -5.22. The second-order valence-electron chi connectivity index (χ2n) is 9.64. The minimum absolute atomic E-state index is 0.147. The van der Waals surface area contributed by atoms with Gasteiger partial charge in [-0.3, -0.25) is 10.2 Å². The fourth-order valence-corrected chi connectivity index (χ4v) is 5.08. The van der Waals surface area contributed by atoms with E-state index in [1.54, 1.807) is 11.8 Å². The van der Waals surface area contributed by atoms with Gasteiger partial charge in [0.1, 0.15) is 18.4 Å². The molecule has 3 aliphatic rings. The molecule has 0 aliphatic carbocycles. The number of likely N-dealkylation sites (N-methyl/N-ethyl adjacent to an activating group) is 1. The number of carbonyl (C=O) groups is 2. The number of hydrogen-bond acceptors (Lipinski definition) is 8. The molecule has 0 radical (unpaired) electrons. The van der Waals surface area contributed by atoms with Crippen molar-refractivity contribution >= 4 is 23.3 Å². The summed E-state index contributed by atoms with van der Waals surface area (Å²) in [6, 6.07) is 12.7. The van der Waals surface area contributed by atoms with Gasteiger partial charge in [-0.15, -0.1) is 0 Å². The van der Waals surface area contributed by atoms with Crippen molar-refractivity contribution in [3.05, 3.63) is 42.5 Å². The van der Waals surface area contributed by atoms with Crippen molar-refractivity contribution in [1.29, 1.82) is 0 Å². The largest absolute Gasteiger partial charge is 0.492 e. The average molecular weight is 505 g/mol. The fourth-order valence-electron chi connectivity index (χ4n) is 5.08. The van der Waals surface area contributed by atoms with Crippen LogP contribution >= 0.6 is 0 Å². The van der Waals surface area contributed by atoms with Crippen LogP contribution < -0.4 is 20.4 Å². The fraction of sp³-hybridized carbons (Fsp3) is 0.417. The Morgan fingerprint density at radius 3 is 2.56 bits per heavy atom. The third-order valence-electron chi connectivity index (χ3n) is 6.55. The molecule has 2 aromatic rings. The summed E-state index contributed by atoms with van der Waals surface area (Å²) in [4.78, 5) is 32.5. The van der Waals surface area contributed by atoms with Crippen LogP contribution in [0.15, 0.2) is 42.5 Å². The molecule has 5 rings (SSSR count). The van der Waals surface area contributed by atoms with Crippen molar-refractivity contribution in [2.24, 2.45) is 0 Å². The maximum absolute atomic E-state index is 12.9. The van der Waals surface area contributed by atoms with Gasteiger partial charge in [0, 0.05) is 24.3 Å². The van der Waals surface area contributed by atoms with Crippen LogP contribution in [0.5, 0.6) is 5.75 Å². The number of ether oxygens (including phenoxy) is 1. The lowest BCUT2D eigenvalue weighted by molar-refractivity contribution is -0.265. The zero-order chi connectivity index (χ0) is 25.8. The first-order valence-corrected chi connectivity index (χ1v) is 11.5. The molecule has 3 aliphatic heterocycles. The topological polar surface area (TPSA) is 86.4 Å². The van der Waals surface area contributed by atoms with Crippen molar-refractivity contribution < 1.29 is 32.3 Å².